The first-order valence-corrected chi connectivity index (χ1v) is 11.1. The predicted octanol–water partition coefficient (Wildman–Crippen LogP) is 4.31. The second-order valence-corrected chi connectivity index (χ2v) is 9.45. The molecule has 1 saturated heterocycles. The van der Waals surface area contributed by atoms with Crippen LogP contribution in [0, 0.1) is 11.7 Å². The number of sulfonamides is 1. The average molecular weight is 445 g/mol. The molecule has 1 aliphatic heterocycles. The number of para-hydroxylation sites is 1. The third-order valence-electron chi connectivity index (χ3n) is 4.61. The van der Waals surface area contributed by atoms with Gasteiger partial charge in [0, 0.05) is 13.1 Å². The molecule has 0 aromatic heterocycles. The molecule has 1 unspecified atom stereocenters. The van der Waals surface area contributed by atoms with Crippen LogP contribution in [0.15, 0.2) is 42.5 Å². The molecule has 0 spiro atoms. The zero-order valence-corrected chi connectivity index (χ0v) is 17.2. The van der Waals surface area contributed by atoms with Crippen molar-refractivity contribution in [3.05, 3.63) is 63.9 Å². The molecule has 2 aromatic carbocycles. The molecule has 1 atom stereocenters. The van der Waals surface area contributed by atoms with Crippen molar-refractivity contribution in [2.24, 2.45) is 5.92 Å². The zero-order chi connectivity index (χ0) is 20.3. The zero-order valence-electron chi connectivity index (χ0n) is 14.9. The van der Waals surface area contributed by atoms with E-state index in [0.717, 1.165) is 0 Å². The summed E-state index contributed by atoms with van der Waals surface area (Å²) in [5.41, 5.74) is 0.607. The van der Waals surface area contributed by atoms with E-state index in [1.165, 1.54) is 28.6 Å². The highest BCUT2D eigenvalue weighted by atomic mass is 35.5. The van der Waals surface area contributed by atoms with Gasteiger partial charge in [-0.05, 0) is 42.7 Å². The van der Waals surface area contributed by atoms with Crippen LogP contribution >= 0.6 is 23.2 Å². The van der Waals surface area contributed by atoms with Crippen molar-refractivity contribution in [2.45, 2.75) is 18.6 Å². The van der Waals surface area contributed by atoms with Crippen molar-refractivity contribution in [3.8, 4) is 0 Å². The maximum Gasteiger partial charge on any atom is 0.228 e. The molecular formula is C19H19Cl2FN2O3S. The van der Waals surface area contributed by atoms with Gasteiger partial charge in [0.25, 0.3) is 0 Å². The Kier molecular flexibility index (Phi) is 6.60. The third-order valence-corrected chi connectivity index (χ3v) is 7.17. The van der Waals surface area contributed by atoms with Crippen LogP contribution in [0.3, 0.4) is 0 Å². The largest absolute Gasteiger partial charge is 0.323 e. The van der Waals surface area contributed by atoms with Crippen LogP contribution in [0.2, 0.25) is 10.0 Å². The Morgan fingerprint density at radius 1 is 1.18 bits per heavy atom. The molecule has 1 N–H and O–H groups in total. The van der Waals surface area contributed by atoms with Crippen molar-refractivity contribution in [1.29, 1.82) is 0 Å². The minimum atomic E-state index is -3.64. The highest BCUT2D eigenvalue weighted by Crippen LogP contribution is 2.26. The summed E-state index contributed by atoms with van der Waals surface area (Å²) in [7, 11) is -3.64. The Labute approximate surface area is 173 Å². The van der Waals surface area contributed by atoms with E-state index in [0.29, 0.717) is 30.0 Å². The summed E-state index contributed by atoms with van der Waals surface area (Å²) in [4.78, 5) is 12.5. The molecule has 0 bridgehead atoms. The molecule has 9 heteroatoms. The molecule has 0 saturated carbocycles. The van der Waals surface area contributed by atoms with Crippen LogP contribution in [0.25, 0.3) is 0 Å². The van der Waals surface area contributed by atoms with Crippen molar-refractivity contribution in [3.63, 3.8) is 0 Å². The fraction of sp³-hybridized carbons (Fsp3) is 0.316. The number of carbonyl (C=O) groups is 1. The van der Waals surface area contributed by atoms with E-state index in [9.17, 15) is 17.6 Å². The van der Waals surface area contributed by atoms with E-state index in [-0.39, 0.29) is 28.9 Å². The maximum atomic E-state index is 13.7. The summed E-state index contributed by atoms with van der Waals surface area (Å²) in [5.74, 6) is -1.70. The van der Waals surface area contributed by atoms with Crippen molar-refractivity contribution >= 4 is 44.8 Å². The third kappa shape index (κ3) is 5.03. The summed E-state index contributed by atoms with van der Waals surface area (Å²) in [6.45, 7) is 0.400. The number of hydrogen-bond acceptors (Lipinski definition) is 3. The first-order valence-electron chi connectivity index (χ1n) is 8.73. The second-order valence-electron chi connectivity index (χ2n) is 6.67. The molecule has 2 aromatic rings. The van der Waals surface area contributed by atoms with Gasteiger partial charge in [-0.15, -0.1) is 0 Å². The number of nitrogens with zero attached hydrogens (tertiary/aromatic N) is 1. The molecule has 0 aliphatic carbocycles. The molecule has 1 heterocycles. The first-order chi connectivity index (χ1) is 13.3. The Balaban J connectivity index is 1.68. The molecule has 3 rings (SSSR count). The Morgan fingerprint density at radius 3 is 2.64 bits per heavy atom. The number of carbonyl (C=O) groups excluding carboxylic acids is 1. The van der Waals surface area contributed by atoms with Gasteiger partial charge < -0.3 is 5.32 Å². The van der Waals surface area contributed by atoms with Gasteiger partial charge in [-0.2, -0.15) is 0 Å². The number of rotatable bonds is 5. The lowest BCUT2D eigenvalue weighted by atomic mass is 9.98. The van der Waals surface area contributed by atoms with Gasteiger partial charge in [-0.3, -0.25) is 4.79 Å². The molecule has 150 valence electrons. The van der Waals surface area contributed by atoms with Crippen LogP contribution < -0.4 is 5.32 Å². The number of halogens is 3. The quantitative estimate of drug-likeness (QED) is 0.746. The number of amides is 1. The number of benzene rings is 2. The fourth-order valence-electron chi connectivity index (χ4n) is 3.14. The lowest BCUT2D eigenvalue weighted by molar-refractivity contribution is -0.120. The number of anilines is 1. The average Bonchev–Trinajstić information content (AvgIpc) is 2.66. The first kappa shape index (κ1) is 21.0. The fourth-order valence-corrected chi connectivity index (χ4v) is 5.06. The topological polar surface area (TPSA) is 66.5 Å². The van der Waals surface area contributed by atoms with E-state index < -0.39 is 21.8 Å². The molecule has 5 nitrogen and oxygen atoms in total. The Bertz CT molecular complexity index is 985. The number of nitrogens with one attached hydrogen (secondary N) is 1. The van der Waals surface area contributed by atoms with Crippen LogP contribution in [-0.4, -0.2) is 31.7 Å². The predicted molar refractivity (Wildman–Crippen MR) is 108 cm³/mol. The van der Waals surface area contributed by atoms with Gasteiger partial charge in [-0.1, -0.05) is 41.4 Å². The minimum Gasteiger partial charge on any atom is -0.323 e. The molecular weight excluding hydrogens is 426 g/mol. The van der Waals surface area contributed by atoms with E-state index in [2.05, 4.69) is 5.32 Å². The standard InChI is InChI=1S/C19H19Cl2FN2O3S/c20-15-8-7-13(10-16(15)21)12-28(26,27)24-9-3-4-14(11-24)19(25)23-18-6-2-1-5-17(18)22/h1-2,5-8,10,14H,3-4,9,11-12H2,(H,23,25). The maximum absolute atomic E-state index is 13.7. The van der Waals surface area contributed by atoms with Gasteiger partial charge >= 0.3 is 0 Å². The summed E-state index contributed by atoms with van der Waals surface area (Å²) in [6.07, 6.45) is 1.09. The van der Waals surface area contributed by atoms with Gasteiger partial charge in [0.15, 0.2) is 0 Å². The van der Waals surface area contributed by atoms with Crippen LogP contribution in [0.1, 0.15) is 18.4 Å². The molecule has 1 aliphatic rings. The number of piperidine rings is 1. The Hall–Kier alpha value is -1.67. The van der Waals surface area contributed by atoms with Crippen LogP contribution in [-0.2, 0) is 20.6 Å². The van der Waals surface area contributed by atoms with E-state index in [1.54, 1.807) is 18.2 Å². The van der Waals surface area contributed by atoms with E-state index >= 15 is 0 Å². The molecule has 1 fully saturated rings. The van der Waals surface area contributed by atoms with Gasteiger partial charge in [0.05, 0.1) is 27.4 Å². The summed E-state index contributed by atoms with van der Waals surface area (Å²) in [5, 5.41) is 3.19. The van der Waals surface area contributed by atoms with E-state index in [4.69, 9.17) is 23.2 Å². The lowest BCUT2D eigenvalue weighted by Crippen LogP contribution is -2.44. The van der Waals surface area contributed by atoms with Gasteiger partial charge in [-0.25, -0.2) is 17.1 Å². The number of hydrogen-bond donors (Lipinski definition) is 1. The normalized spacial score (nSPS) is 18.0. The smallest absolute Gasteiger partial charge is 0.228 e. The highest BCUT2D eigenvalue weighted by Gasteiger charge is 2.32. The van der Waals surface area contributed by atoms with Gasteiger partial charge in [0.2, 0.25) is 15.9 Å². The summed E-state index contributed by atoms with van der Waals surface area (Å²) < 4.78 is 40.6. The minimum absolute atomic E-state index is 0.0595. The van der Waals surface area contributed by atoms with Crippen LogP contribution in [0.4, 0.5) is 10.1 Å². The van der Waals surface area contributed by atoms with Crippen molar-refractivity contribution in [2.75, 3.05) is 18.4 Å². The Morgan fingerprint density at radius 2 is 1.93 bits per heavy atom. The molecule has 1 amide bonds. The lowest BCUT2D eigenvalue weighted by Gasteiger charge is -2.31. The van der Waals surface area contributed by atoms with Crippen LogP contribution in [0.5, 0.6) is 0 Å². The molecule has 0 radical (unpaired) electrons. The van der Waals surface area contributed by atoms with Crippen molar-refractivity contribution < 1.29 is 17.6 Å². The highest BCUT2D eigenvalue weighted by molar-refractivity contribution is 7.88. The summed E-state index contributed by atoms with van der Waals surface area (Å²) >= 11 is 11.8. The van der Waals surface area contributed by atoms with Gasteiger partial charge in [0.1, 0.15) is 5.82 Å². The van der Waals surface area contributed by atoms with Crippen molar-refractivity contribution in [1.82, 2.24) is 4.31 Å². The molecule has 28 heavy (non-hydrogen) atoms. The van der Waals surface area contributed by atoms with E-state index in [1.807, 2.05) is 0 Å². The summed E-state index contributed by atoms with van der Waals surface area (Å²) in [6, 6.07) is 10.6. The second kappa shape index (κ2) is 8.78. The SMILES string of the molecule is O=C(Nc1ccccc1F)C1CCCN(S(=O)(=O)Cc2ccc(Cl)c(Cl)c2)C1. The monoisotopic (exact) mass is 444 g/mol.